The third-order valence-corrected chi connectivity index (χ3v) is 2.79. The van der Waals surface area contributed by atoms with E-state index in [2.05, 4.69) is 0 Å². The lowest BCUT2D eigenvalue weighted by Crippen LogP contribution is -2.41. The lowest BCUT2D eigenvalue weighted by molar-refractivity contribution is -0.117. The maximum atomic E-state index is 12.2. The van der Waals surface area contributed by atoms with Gasteiger partial charge in [0.05, 0.1) is 6.42 Å². The molecule has 0 spiro atoms. The van der Waals surface area contributed by atoms with Crippen molar-refractivity contribution in [2.24, 2.45) is 0 Å². The van der Waals surface area contributed by atoms with E-state index in [-0.39, 0.29) is 5.56 Å². The monoisotopic (exact) mass is 276 g/mol. The number of carbonyl (C=O) groups is 2. The Balaban J connectivity index is 3.16. The Morgan fingerprint density at radius 3 is 2.32 bits per heavy atom. The summed E-state index contributed by atoms with van der Waals surface area (Å²) in [5.74, 6) is -1.58. The largest absolute Gasteiger partial charge is 0.356 e. The number of hydrogen-bond donors (Lipinski definition) is 0. The Labute approximate surface area is 115 Å². The van der Waals surface area contributed by atoms with Gasteiger partial charge in [-0.3, -0.25) is 9.59 Å². The summed E-state index contributed by atoms with van der Waals surface area (Å²) in [5.41, 5.74) is -1.81. The molecule has 19 heavy (non-hydrogen) atoms. The average Bonchev–Trinajstić information content (AvgIpc) is 2.44. The number of rotatable bonds is 5. The van der Waals surface area contributed by atoms with Crippen molar-refractivity contribution in [3.63, 3.8) is 0 Å². The third-order valence-electron chi connectivity index (χ3n) is 2.54. The summed E-state index contributed by atoms with van der Waals surface area (Å²) in [6, 6.07) is 8.84. The topological polar surface area (TPSA) is 90.9 Å². The van der Waals surface area contributed by atoms with Crippen LogP contribution in [0.2, 0.25) is 5.02 Å². The Morgan fingerprint density at radius 2 is 1.89 bits per heavy atom. The first-order chi connectivity index (χ1) is 8.99. The van der Waals surface area contributed by atoms with Crippen molar-refractivity contribution >= 4 is 23.2 Å². The number of benzene rings is 1. The van der Waals surface area contributed by atoms with Crippen LogP contribution in [-0.2, 0) is 9.53 Å². The molecule has 0 saturated heterocycles. The molecule has 0 radical (unpaired) electrons. The molecule has 6 heteroatoms. The normalized spacial score (nSPS) is 12.8. The molecule has 0 saturated carbocycles. The van der Waals surface area contributed by atoms with Crippen molar-refractivity contribution in [1.29, 1.82) is 10.5 Å². The van der Waals surface area contributed by atoms with Gasteiger partial charge in [0.15, 0.2) is 0 Å². The summed E-state index contributed by atoms with van der Waals surface area (Å²) in [6.07, 6.45) is -0.613. The van der Waals surface area contributed by atoms with E-state index in [1.54, 1.807) is 6.07 Å². The van der Waals surface area contributed by atoms with Crippen molar-refractivity contribution in [3.8, 4) is 12.1 Å². The summed E-state index contributed by atoms with van der Waals surface area (Å²) in [5, 5.41) is 18.0. The van der Waals surface area contributed by atoms with Gasteiger partial charge < -0.3 is 4.74 Å². The standard InChI is InChI=1S/C13H9ClN2O3/c1-19-13(8-16,6-11(17)7-15)12(18)9-2-4-10(14)5-3-9/h2-5H,6H2,1H3. The van der Waals surface area contributed by atoms with Crippen LogP contribution in [0.15, 0.2) is 24.3 Å². The van der Waals surface area contributed by atoms with Gasteiger partial charge in [0.25, 0.3) is 0 Å². The van der Waals surface area contributed by atoms with E-state index in [1.807, 2.05) is 0 Å². The summed E-state index contributed by atoms with van der Waals surface area (Å²) < 4.78 is 4.89. The summed E-state index contributed by atoms with van der Waals surface area (Å²) >= 11 is 5.70. The molecule has 96 valence electrons. The second-order valence-electron chi connectivity index (χ2n) is 3.69. The van der Waals surface area contributed by atoms with Gasteiger partial charge in [0, 0.05) is 17.7 Å². The first kappa shape index (κ1) is 14.8. The fourth-order valence-corrected chi connectivity index (χ4v) is 1.61. The summed E-state index contributed by atoms with van der Waals surface area (Å²) in [4.78, 5) is 23.4. The number of nitrogens with zero attached hydrogens (tertiary/aromatic N) is 2. The predicted octanol–water partition coefficient (Wildman–Crippen LogP) is 1.91. The SMILES string of the molecule is COC(C#N)(CC(=O)C#N)C(=O)c1ccc(Cl)cc1. The van der Waals surface area contributed by atoms with Crippen LogP contribution < -0.4 is 0 Å². The van der Waals surface area contributed by atoms with Gasteiger partial charge in [0.2, 0.25) is 17.2 Å². The summed E-state index contributed by atoms with van der Waals surface area (Å²) in [6.45, 7) is 0. The van der Waals surface area contributed by atoms with Gasteiger partial charge in [-0.15, -0.1) is 0 Å². The molecule has 1 unspecified atom stereocenters. The van der Waals surface area contributed by atoms with Crippen molar-refractivity contribution in [2.45, 2.75) is 12.0 Å². The predicted molar refractivity (Wildman–Crippen MR) is 66.4 cm³/mol. The van der Waals surface area contributed by atoms with Crippen LogP contribution in [0.4, 0.5) is 0 Å². The Kier molecular flexibility index (Phi) is 4.77. The number of methoxy groups -OCH3 is 1. The van der Waals surface area contributed by atoms with Crippen molar-refractivity contribution in [1.82, 2.24) is 0 Å². The molecule has 5 nitrogen and oxygen atoms in total. The highest BCUT2D eigenvalue weighted by atomic mass is 35.5. The highest BCUT2D eigenvalue weighted by molar-refractivity contribution is 6.30. The van der Waals surface area contributed by atoms with Gasteiger partial charge in [0.1, 0.15) is 12.1 Å². The van der Waals surface area contributed by atoms with Gasteiger partial charge in [-0.1, -0.05) is 11.6 Å². The lowest BCUT2D eigenvalue weighted by Gasteiger charge is -2.21. The van der Waals surface area contributed by atoms with Gasteiger partial charge in [-0.2, -0.15) is 10.5 Å². The minimum atomic E-state index is -1.99. The number of ketones is 2. The van der Waals surface area contributed by atoms with Crippen molar-refractivity contribution in [2.75, 3.05) is 7.11 Å². The van der Waals surface area contributed by atoms with Gasteiger partial charge in [-0.25, -0.2) is 0 Å². The van der Waals surface area contributed by atoms with Crippen LogP contribution in [0, 0.1) is 22.7 Å². The molecule has 0 heterocycles. The van der Waals surface area contributed by atoms with Gasteiger partial charge >= 0.3 is 0 Å². The van der Waals surface area contributed by atoms with E-state index in [0.29, 0.717) is 5.02 Å². The number of nitriles is 2. The highest BCUT2D eigenvalue weighted by Crippen LogP contribution is 2.22. The minimum absolute atomic E-state index is 0.179. The minimum Gasteiger partial charge on any atom is -0.356 e. The maximum Gasteiger partial charge on any atom is 0.236 e. The van der Waals surface area contributed by atoms with Crippen LogP contribution >= 0.6 is 11.6 Å². The zero-order valence-electron chi connectivity index (χ0n) is 10.0. The van der Waals surface area contributed by atoms with Crippen molar-refractivity contribution < 1.29 is 14.3 Å². The molecular weight excluding hydrogens is 268 g/mol. The molecule has 0 amide bonds. The smallest absolute Gasteiger partial charge is 0.236 e. The second kappa shape index (κ2) is 6.10. The van der Waals surface area contributed by atoms with E-state index >= 15 is 0 Å². The summed E-state index contributed by atoms with van der Waals surface area (Å²) in [7, 11) is 1.14. The second-order valence-corrected chi connectivity index (χ2v) is 4.13. The molecule has 0 aliphatic heterocycles. The van der Waals surface area contributed by atoms with E-state index in [0.717, 1.165) is 7.11 Å². The highest BCUT2D eigenvalue weighted by Gasteiger charge is 2.41. The number of hydrogen-bond acceptors (Lipinski definition) is 5. The molecule has 1 rings (SSSR count). The first-order valence-electron chi connectivity index (χ1n) is 5.19. The zero-order chi connectivity index (χ0) is 14.5. The Hall–Kier alpha value is -2.21. The van der Waals surface area contributed by atoms with E-state index in [1.165, 1.54) is 30.3 Å². The fourth-order valence-electron chi connectivity index (χ4n) is 1.48. The molecule has 0 bridgehead atoms. The van der Waals surface area contributed by atoms with E-state index in [4.69, 9.17) is 26.9 Å². The van der Waals surface area contributed by atoms with Crippen molar-refractivity contribution in [3.05, 3.63) is 34.9 Å². The molecule has 0 aromatic heterocycles. The van der Waals surface area contributed by atoms with E-state index < -0.39 is 23.6 Å². The molecule has 0 N–H and O–H groups in total. The maximum absolute atomic E-state index is 12.2. The van der Waals surface area contributed by atoms with Crippen LogP contribution in [-0.4, -0.2) is 24.3 Å². The molecule has 1 atom stereocenters. The molecule has 0 aliphatic carbocycles. The quantitative estimate of drug-likeness (QED) is 0.605. The van der Waals surface area contributed by atoms with Crippen LogP contribution in [0.5, 0.6) is 0 Å². The van der Waals surface area contributed by atoms with Crippen LogP contribution in [0.25, 0.3) is 0 Å². The lowest BCUT2D eigenvalue weighted by atomic mass is 9.89. The molecule has 0 fully saturated rings. The molecule has 0 aliphatic rings. The number of carbonyl (C=O) groups excluding carboxylic acids is 2. The number of halogens is 1. The Morgan fingerprint density at radius 1 is 1.32 bits per heavy atom. The van der Waals surface area contributed by atoms with Crippen LogP contribution in [0.1, 0.15) is 16.8 Å². The van der Waals surface area contributed by atoms with Crippen LogP contribution in [0.3, 0.4) is 0 Å². The first-order valence-corrected chi connectivity index (χ1v) is 5.56. The third kappa shape index (κ3) is 3.17. The number of ether oxygens (including phenoxy) is 1. The van der Waals surface area contributed by atoms with Gasteiger partial charge in [-0.05, 0) is 24.3 Å². The average molecular weight is 277 g/mol. The zero-order valence-corrected chi connectivity index (χ0v) is 10.8. The van der Waals surface area contributed by atoms with E-state index in [9.17, 15) is 9.59 Å². The molecular formula is C13H9ClN2O3. The Bertz CT molecular complexity index is 583. The molecule has 1 aromatic carbocycles. The molecule has 1 aromatic rings. The fraction of sp³-hybridized carbons (Fsp3) is 0.231. The number of Topliss-reactive ketones (excluding diaryl/α,β-unsaturated/α-hetero) is 2.